The Morgan fingerprint density at radius 3 is 2.33 bits per heavy atom. The van der Waals surface area contributed by atoms with E-state index < -0.39 is 0 Å². The number of methoxy groups -OCH3 is 1. The van der Waals surface area contributed by atoms with Gasteiger partial charge < -0.3 is 19.3 Å². The number of nitrogens with zero attached hydrogens (tertiary/aromatic N) is 2. The summed E-state index contributed by atoms with van der Waals surface area (Å²) in [6.07, 6.45) is 0. The summed E-state index contributed by atoms with van der Waals surface area (Å²) in [6, 6.07) is 12.0. The standard InChI is InChI=1S/C20H24N2O2/c1-13-14(2)22(16-6-8-17(24-5)9-7-16)19-11-20(23)15(10-18(13)19)12-21(3)4/h6-11,23H,12H2,1-5H3. The Morgan fingerprint density at radius 2 is 1.75 bits per heavy atom. The fraction of sp³-hybridized carbons (Fsp3) is 0.300. The Balaban J connectivity index is 2.21. The zero-order valence-electron chi connectivity index (χ0n) is 14.9. The minimum absolute atomic E-state index is 0.337. The molecule has 0 fully saturated rings. The first kappa shape index (κ1) is 16.4. The SMILES string of the molecule is COc1ccc(-n2c(C)c(C)c3cc(CN(C)C)c(O)cc32)cc1. The normalized spacial score (nSPS) is 11.4. The molecule has 0 saturated heterocycles. The summed E-state index contributed by atoms with van der Waals surface area (Å²) in [5.41, 5.74) is 5.45. The number of phenolic OH excluding ortho intramolecular Hbond substituents is 1. The third kappa shape index (κ3) is 2.74. The molecule has 0 atom stereocenters. The van der Waals surface area contributed by atoms with E-state index in [0.29, 0.717) is 12.3 Å². The smallest absolute Gasteiger partial charge is 0.122 e. The minimum atomic E-state index is 0.337. The zero-order valence-corrected chi connectivity index (χ0v) is 14.9. The van der Waals surface area contributed by atoms with Crippen LogP contribution in [0, 0.1) is 13.8 Å². The van der Waals surface area contributed by atoms with Gasteiger partial charge in [0, 0.05) is 34.9 Å². The number of aromatic hydroxyl groups is 1. The summed E-state index contributed by atoms with van der Waals surface area (Å²) in [7, 11) is 5.67. The van der Waals surface area contributed by atoms with Crippen LogP contribution in [0.15, 0.2) is 36.4 Å². The van der Waals surface area contributed by atoms with Gasteiger partial charge in [0.05, 0.1) is 12.6 Å². The molecule has 0 amide bonds. The predicted molar refractivity (Wildman–Crippen MR) is 98.4 cm³/mol. The molecule has 4 nitrogen and oxygen atoms in total. The van der Waals surface area contributed by atoms with Crippen molar-refractivity contribution in [2.45, 2.75) is 20.4 Å². The van der Waals surface area contributed by atoms with E-state index in [0.717, 1.165) is 22.5 Å². The molecular formula is C20H24N2O2. The number of phenols is 1. The molecule has 4 heteroatoms. The van der Waals surface area contributed by atoms with Crippen molar-refractivity contribution in [2.24, 2.45) is 0 Å². The largest absolute Gasteiger partial charge is 0.508 e. The topological polar surface area (TPSA) is 37.6 Å². The highest BCUT2D eigenvalue weighted by Gasteiger charge is 2.15. The quantitative estimate of drug-likeness (QED) is 0.787. The molecule has 126 valence electrons. The number of hydrogen-bond acceptors (Lipinski definition) is 3. The fourth-order valence-electron chi connectivity index (χ4n) is 3.18. The highest BCUT2D eigenvalue weighted by atomic mass is 16.5. The zero-order chi connectivity index (χ0) is 17.4. The average molecular weight is 324 g/mol. The molecule has 3 rings (SSSR count). The molecule has 0 radical (unpaired) electrons. The number of aryl methyl sites for hydroxylation is 1. The average Bonchev–Trinajstić information content (AvgIpc) is 2.79. The van der Waals surface area contributed by atoms with Crippen LogP contribution < -0.4 is 4.74 Å². The van der Waals surface area contributed by atoms with E-state index in [1.807, 2.05) is 44.4 Å². The summed E-state index contributed by atoms with van der Waals surface area (Å²) in [5, 5.41) is 11.6. The summed E-state index contributed by atoms with van der Waals surface area (Å²) in [4.78, 5) is 2.06. The second-order valence-electron chi connectivity index (χ2n) is 6.48. The van der Waals surface area contributed by atoms with Gasteiger partial charge in [-0.2, -0.15) is 0 Å². The maximum absolute atomic E-state index is 10.5. The molecule has 0 aliphatic carbocycles. The van der Waals surface area contributed by atoms with Crippen molar-refractivity contribution in [3.8, 4) is 17.2 Å². The first-order valence-corrected chi connectivity index (χ1v) is 8.05. The van der Waals surface area contributed by atoms with Gasteiger partial charge in [-0.15, -0.1) is 0 Å². The van der Waals surface area contributed by atoms with Gasteiger partial charge in [-0.1, -0.05) is 0 Å². The highest BCUT2D eigenvalue weighted by Crippen LogP contribution is 2.34. The highest BCUT2D eigenvalue weighted by molar-refractivity contribution is 5.89. The van der Waals surface area contributed by atoms with Crippen LogP contribution in [-0.2, 0) is 6.54 Å². The number of ether oxygens (including phenoxy) is 1. The molecule has 2 aromatic carbocycles. The van der Waals surface area contributed by atoms with Crippen molar-refractivity contribution < 1.29 is 9.84 Å². The molecule has 0 aliphatic heterocycles. The van der Waals surface area contributed by atoms with Crippen LogP contribution in [0.4, 0.5) is 0 Å². The van der Waals surface area contributed by atoms with E-state index in [4.69, 9.17) is 4.74 Å². The van der Waals surface area contributed by atoms with Crippen molar-refractivity contribution in [2.75, 3.05) is 21.2 Å². The lowest BCUT2D eigenvalue weighted by Gasteiger charge is -2.13. The Bertz CT molecular complexity index is 877. The van der Waals surface area contributed by atoms with Gasteiger partial charge >= 0.3 is 0 Å². The van der Waals surface area contributed by atoms with Gasteiger partial charge in [0.15, 0.2) is 0 Å². The van der Waals surface area contributed by atoms with E-state index in [-0.39, 0.29) is 0 Å². The number of rotatable bonds is 4. The maximum atomic E-state index is 10.5. The second kappa shape index (κ2) is 6.21. The number of aromatic nitrogens is 1. The molecule has 24 heavy (non-hydrogen) atoms. The van der Waals surface area contributed by atoms with Gasteiger partial charge in [0.2, 0.25) is 0 Å². The second-order valence-corrected chi connectivity index (χ2v) is 6.48. The first-order chi connectivity index (χ1) is 11.4. The third-order valence-electron chi connectivity index (χ3n) is 4.54. The lowest BCUT2D eigenvalue weighted by Crippen LogP contribution is -2.10. The Kier molecular flexibility index (Phi) is 4.24. The molecule has 0 unspecified atom stereocenters. The summed E-state index contributed by atoms with van der Waals surface area (Å²) < 4.78 is 7.43. The molecule has 1 aromatic heterocycles. The predicted octanol–water partition coefficient (Wildman–Crippen LogP) is 4.02. The van der Waals surface area contributed by atoms with Crippen LogP contribution in [0.1, 0.15) is 16.8 Å². The molecule has 1 N–H and O–H groups in total. The van der Waals surface area contributed by atoms with E-state index in [9.17, 15) is 5.11 Å². The molecule has 3 aromatic rings. The molecule has 0 saturated carbocycles. The third-order valence-corrected chi connectivity index (χ3v) is 4.54. The number of benzene rings is 2. The molecule has 0 bridgehead atoms. The van der Waals surface area contributed by atoms with Gasteiger partial charge in [-0.25, -0.2) is 0 Å². The van der Waals surface area contributed by atoms with Crippen LogP contribution in [0.3, 0.4) is 0 Å². The van der Waals surface area contributed by atoms with Crippen LogP contribution in [0.5, 0.6) is 11.5 Å². The van der Waals surface area contributed by atoms with Crippen LogP contribution >= 0.6 is 0 Å². The fourth-order valence-corrected chi connectivity index (χ4v) is 3.18. The molecule has 0 aliphatic rings. The van der Waals surface area contributed by atoms with Crippen molar-refractivity contribution >= 4 is 10.9 Å². The molecule has 1 heterocycles. The van der Waals surface area contributed by atoms with E-state index in [1.54, 1.807) is 7.11 Å². The van der Waals surface area contributed by atoms with Crippen molar-refractivity contribution in [3.63, 3.8) is 0 Å². The van der Waals surface area contributed by atoms with E-state index >= 15 is 0 Å². The van der Waals surface area contributed by atoms with Crippen LogP contribution in [0.25, 0.3) is 16.6 Å². The minimum Gasteiger partial charge on any atom is -0.508 e. The maximum Gasteiger partial charge on any atom is 0.122 e. The molecule has 0 spiro atoms. The summed E-state index contributed by atoms with van der Waals surface area (Å²) in [6.45, 7) is 4.96. The Morgan fingerprint density at radius 1 is 1.08 bits per heavy atom. The van der Waals surface area contributed by atoms with Crippen LogP contribution in [-0.4, -0.2) is 35.8 Å². The Labute approximate surface area is 142 Å². The monoisotopic (exact) mass is 324 g/mol. The van der Waals surface area contributed by atoms with Crippen molar-refractivity contribution in [1.29, 1.82) is 0 Å². The van der Waals surface area contributed by atoms with E-state index in [2.05, 4.69) is 29.4 Å². The van der Waals surface area contributed by atoms with Crippen LogP contribution in [0.2, 0.25) is 0 Å². The molecular weight excluding hydrogens is 300 g/mol. The summed E-state index contributed by atoms with van der Waals surface area (Å²) in [5.74, 6) is 1.17. The van der Waals surface area contributed by atoms with Gasteiger partial charge in [0.1, 0.15) is 11.5 Å². The lowest BCUT2D eigenvalue weighted by atomic mass is 10.1. The van der Waals surface area contributed by atoms with Gasteiger partial charge in [-0.3, -0.25) is 0 Å². The number of fused-ring (bicyclic) bond motifs is 1. The van der Waals surface area contributed by atoms with Crippen molar-refractivity contribution in [1.82, 2.24) is 9.47 Å². The van der Waals surface area contributed by atoms with E-state index in [1.165, 1.54) is 16.6 Å². The lowest BCUT2D eigenvalue weighted by molar-refractivity contribution is 0.386. The Hall–Kier alpha value is -2.46. The van der Waals surface area contributed by atoms with Crippen molar-refractivity contribution in [3.05, 3.63) is 53.2 Å². The summed E-state index contributed by atoms with van der Waals surface area (Å²) >= 11 is 0. The van der Waals surface area contributed by atoms with Gasteiger partial charge in [-0.05, 0) is 63.8 Å². The first-order valence-electron chi connectivity index (χ1n) is 8.05. The van der Waals surface area contributed by atoms with Gasteiger partial charge in [0.25, 0.3) is 0 Å². The number of hydrogen-bond donors (Lipinski definition) is 1.